The van der Waals surface area contributed by atoms with Gasteiger partial charge in [0.25, 0.3) is 0 Å². The van der Waals surface area contributed by atoms with Crippen molar-refractivity contribution in [2.75, 3.05) is 13.1 Å². The molecule has 2 aromatic rings. The van der Waals surface area contributed by atoms with Crippen LogP contribution >= 0.6 is 0 Å². The number of hydrogen-bond acceptors (Lipinski definition) is 3. The smallest absolute Gasteiger partial charge is 0.247 e. The standard InChI is InChI=1S/C17H22N4O/c1-2-16(21-11-3-8-19-21)17(22)20-12-6-15(7-13-20)14-4-9-18-10-5-14/h3-5,8-11,15-16H,2,6-7,12-13H2,1H3/t16-/m0/s1. The van der Waals surface area contributed by atoms with Crippen LogP contribution in [0.4, 0.5) is 0 Å². The second-order valence-electron chi connectivity index (χ2n) is 5.79. The van der Waals surface area contributed by atoms with E-state index in [2.05, 4.69) is 22.2 Å². The number of hydrogen-bond donors (Lipinski definition) is 0. The van der Waals surface area contributed by atoms with Crippen LogP contribution in [0, 0.1) is 0 Å². The minimum Gasteiger partial charge on any atom is -0.341 e. The number of amides is 1. The highest BCUT2D eigenvalue weighted by Crippen LogP contribution is 2.28. The van der Waals surface area contributed by atoms with Gasteiger partial charge in [0.15, 0.2) is 0 Å². The zero-order valence-corrected chi connectivity index (χ0v) is 12.9. The third-order valence-electron chi connectivity index (χ3n) is 4.50. The zero-order chi connectivity index (χ0) is 15.4. The molecule has 0 aromatic carbocycles. The van der Waals surface area contributed by atoms with Crippen LogP contribution in [0.2, 0.25) is 0 Å². The second kappa shape index (κ2) is 6.73. The van der Waals surface area contributed by atoms with E-state index in [0.29, 0.717) is 5.92 Å². The van der Waals surface area contributed by atoms with Crippen LogP contribution in [0.15, 0.2) is 43.0 Å². The summed E-state index contributed by atoms with van der Waals surface area (Å²) in [6.45, 7) is 3.68. The van der Waals surface area contributed by atoms with E-state index < -0.39 is 0 Å². The number of rotatable bonds is 4. The molecule has 0 spiro atoms. The number of carbonyl (C=O) groups is 1. The van der Waals surface area contributed by atoms with Gasteiger partial charge in [0.1, 0.15) is 6.04 Å². The molecule has 5 heteroatoms. The number of pyridine rings is 1. The Hall–Kier alpha value is -2.17. The van der Waals surface area contributed by atoms with Crippen LogP contribution in [0.5, 0.6) is 0 Å². The molecule has 1 aliphatic rings. The fourth-order valence-electron chi connectivity index (χ4n) is 3.22. The van der Waals surface area contributed by atoms with Gasteiger partial charge in [0, 0.05) is 37.9 Å². The first-order chi connectivity index (χ1) is 10.8. The van der Waals surface area contributed by atoms with Gasteiger partial charge in [-0.25, -0.2) is 0 Å². The predicted octanol–water partition coefficient (Wildman–Crippen LogP) is 2.64. The molecule has 116 valence electrons. The molecule has 0 bridgehead atoms. The fourth-order valence-corrected chi connectivity index (χ4v) is 3.22. The van der Waals surface area contributed by atoms with Crippen molar-refractivity contribution in [1.82, 2.24) is 19.7 Å². The molecule has 3 rings (SSSR count). The third-order valence-corrected chi connectivity index (χ3v) is 4.50. The van der Waals surface area contributed by atoms with Gasteiger partial charge < -0.3 is 4.90 Å². The Morgan fingerprint density at radius 1 is 1.27 bits per heavy atom. The summed E-state index contributed by atoms with van der Waals surface area (Å²) in [5.41, 5.74) is 1.33. The fraction of sp³-hybridized carbons (Fsp3) is 0.471. The summed E-state index contributed by atoms with van der Waals surface area (Å²) < 4.78 is 1.78. The van der Waals surface area contributed by atoms with Gasteiger partial charge in [-0.15, -0.1) is 0 Å². The highest BCUT2D eigenvalue weighted by Gasteiger charge is 2.28. The van der Waals surface area contributed by atoms with Crippen molar-refractivity contribution in [2.24, 2.45) is 0 Å². The van der Waals surface area contributed by atoms with E-state index in [1.807, 2.05) is 36.5 Å². The lowest BCUT2D eigenvalue weighted by atomic mass is 9.90. The average molecular weight is 298 g/mol. The Labute approximate surface area is 131 Å². The van der Waals surface area contributed by atoms with E-state index in [-0.39, 0.29) is 11.9 Å². The van der Waals surface area contributed by atoms with Crippen molar-refractivity contribution in [3.8, 4) is 0 Å². The molecule has 5 nitrogen and oxygen atoms in total. The molecule has 2 aromatic heterocycles. The number of piperidine rings is 1. The van der Waals surface area contributed by atoms with E-state index in [4.69, 9.17) is 0 Å². The van der Waals surface area contributed by atoms with Crippen molar-refractivity contribution >= 4 is 5.91 Å². The van der Waals surface area contributed by atoms with Crippen LogP contribution in [-0.4, -0.2) is 38.7 Å². The van der Waals surface area contributed by atoms with Gasteiger partial charge in [-0.05, 0) is 48.9 Å². The maximum Gasteiger partial charge on any atom is 0.247 e. The molecule has 3 heterocycles. The topological polar surface area (TPSA) is 51.0 Å². The van der Waals surface area contributed by atoms with Crippen LogP contribution < -0.4 is 0 Å². The molecule has 1 saturated heterocycles. The molecule has 1 aliphatic heterocycles. The highest BCUT2D eigenvalue weighted by molar-refractivity contribution is 5.80. The quantitative estimate of drug-likeness (QED) is 0.872. The number of likely N-dealkylation sites (tertiary alicyclic amines) is 1. The summed E-state index contributed by atoms with van der Waals surface area (Å²) in [5, 5.41) is 4.23. The van der Waals surface area contributed by atoms with E-state index in [1.165, 1.54) is 5.56 Å². The van der Waals surface area contributed by atoms with Gasteiger partial charge in [-0.2, -0.15) is 5.10 Å². The third kappa shape index (κ3) is 3.03. The normalized spacial score (nSPS) is 17.4. The monoisotopic (exact) mass is 298 g/mol. The van der Waals surface area contributed by atoms with Gasteiger partial charge in [-0.1, -0.05) is 6.92 Å². The number of carbonyl (C=O) groups excluding carboxylic acids is 1. The van der Waals surface area contributed by atoms with E-state index >= 15 is 0 Å². The number of aromatic nitrogens is 3. The summed E-state index contributed by atoms with van der Waals surface area (Å²) in [5.74, 6) is 0.733. The second-order valence-corrected chi connectivity index (χ2v) is 5.79. The summed E-state index contributed by atoms with van der Waals surface area (Å²) in [7, 11) is 0. The molecule has 22 heavy (non-hydrogen) atoms. The Morgan fingerprint density at radius 2 is 2.00 bits per heavy atom. The Balaban J connectivity index is 1.62. The van der Waals surface area contributed by atoms with Gasteiger partial charge in [0.05, 0.1) is 0 Å². The zero-order valence-electron chi connectivity index (χ0n) is 12.9. The minimum atomic E-state index is -0.174. The van der Waals surface area contributed by atoms with E-state index in [1.54, 1.807) is 10.9 Å². The van der Waals surface area contributed by atoms with Crippen LogP contribution in [0.1, 0.15) is 43.7 Å². The Bertz CT molecular complexity index is 588. The lowest BCUT2D eigenvalue weighted by Gasteiger charge is -2.34. The molecule has 0 aliphatic carbocycles. The Kier molecular flexibility index (Phi) is 4.51. The molecule has 1 fully saturated rings. The van der Waals surface area contributed by atoms with E-state index in [0.717, 1.165) is 32.4 Å². The van der Waals surface area contributed by atoms with Crippen LogP contribution in [-0.2, 0) is 4.79 Å². The molecule has 0 N–H and O–H groups in total. The highest BCUT2D eigenvalue weighted by atomic mass is 16.2. The predicted molar refractivity (Wildman–Crippen MR) is 84.3 cm³/mol. The van der Waals surface area contributed by atoms with Crippen molar-refractivity contribution in [3.63, 3.8) is 0 Å². The van der Waals surface area contributed by atoms with Gasteiger partial charge >= 0.3 is 0 Å². The van der Waals surface area contributed by atoms with Crippen molar-refractivity contribution < 1.29 is 4.79 Å². The molecule has 0 radical (unpaired) electrons. The lowest BCUT2D eigenvalue weighted by molar-refractivity contribution is -0.136. The first-order valence-corrected chi connectivity index (χ1v) is 7.97. The molecule has 0 unspecified atom stereocenters. The lowest BCUT2D eigenvalue weighted by Crippen LogP contribution is -2.42. The summed E-state index contributed by atoms with van der Waals surface area (Å²) in [4.78, 5) is 18.8. The molecular formula is C17H22N4O. The molecule has 1 atom stereocenters. The Morgan fingerprint density at radius 3 is 2.59 bits per heavy atom. The largest absolute Gasteiger partial charge is 0.341 e. The first-order valence-electron chi connectivity index (χ1n) is 7.97. The summed E-state index contributed by atoms with van der Waals surface area (Å²) >= 11 is 0. The SMILES string of the molecule is CC[C@@H](C(=O)N1CCC(c2ccncc2)CC1)n1cccn1. The summed E-state index contributed by atoms with van der Waals surface area (Å²) in [6.07, 6.45) is 10.1. The van der Waals surface area contributed by atoms with Gasteiger partial charge in [-0.3, -0.25) is 14.5 Å². The van der Waals surface area contributed by atoms with Crippen molar-refractivity contribution in [2.45, 2.75) is 38.1 Å². The number of nitrogens with zero attached hydrogens (tertiary/aromatic N) is 4. The van der Waals surface area contributed by atoms with Crippen LogP contribution in [0.25, 0.3) is 0 Å². The summed E-state index contributed by atoms with van der Waals surface area (Å²) in [6, 6.07) is 5.86. The minimum absolute atomic E-state index is 0.174. The molecule has 1 amide bonds. The maximum atomic E-state index is 12.7. The first kappa shape index (κ1) is 14.8. The maximum absolute atomic E-state index is 12.7. The molecule has 0 saturated carbocycles. The van der Waals surface area contributed by atoms with E-state index in [9.17, 15) is 4.79 Å². The molecular weight excluding hydrogens is 276 g/mol. The average Bonchev–Trinajstić information content (AvgIpc) is 3.11. The van der Waals surface area contributed by atoms with Crippen molar-refractivity contribution in [1.29, 1.82) is 0 Å². The van der Waals surface area contributed by atoms with Gasteiger partial charge in [0.2, 0.25) is 5.91 Å². The van der Waals surface area contributed by atoms with Crippen LogP contribution in [0.3, 0.4) is 0 Å². The van der Waals surface area contributed by atoms with Crippen molar-refractivity contribution in [3.05, 3.63) is 48.5 Å².